The molecule has 6 heteroatoms. The summed E-state index contributed by atoms with van der Waals surface area (Å²) in [4.78, 5) is 4.70. The van der Waals surface area contributed by atoms with Crippen molar-refractivity contribution in [3.8, 4) is 0 Å². The lowest BCUT2D eigenvalue weighted by Crippen LogP contribution is -2.22. The third-order valence-electron chi connectivity index (χ3n) is 6.83. The summed E-state index contributed by atoms with van der Waals surface area (Å²) < 4.78 is 2.20. The maximum Gasteiger partial charge on any atom is 0.134 e. The van der Waals surface area contributed by atoms with Gasteiger partial charge in [0, 0.05) is 23.7 Å². The Morgan fingerprint density at radius 3 is 2.82 bits per heavy atom. The van der Waals surface area contributed by atoms with E-state index in [1.54, 1.807) is 0 Å². The number of hydrogen-bond acceptors (Lipinski definition) is 3. The van der Waals surface area contributed by atoms with Crippen molar-refractivity contribution in [1.82, 2.24) is 14.8 Å². The van der Waals surface area contributed by atoms with Gasteiger partial charge in [-0.05, 0) is 90.8 Å². The number of rotatable bonds is 7. The number of nitrogens with one attached hydrogen (secondary N) is 1. The zero-order chi connectivity index (χ0) is 23.7. The minimum Gasteiger partial charge on any atom is -0.361 e. The predicted octanol–water partition coefficient (Wildman–Crippen LogP) is 6.79. The van der Waals surface area contributed by atoms with Crippen LogP contribution in [0.1, 0.15) is 63.4 Å². The van der Waals surface area contributed by atoms with E-state index in [9.17, 15) is 0 Å². The van der Waals surface area contributed by atoms with Gasteiger partial charge in [0.2, 0.25) is 0 Å². The maximum atomic E-state index is 5.08. The van der Waals surface area contributed by atoms with Crippen LogP contribution in [-0.2, 0) is 6.54 Å². The van der Waals surface area contributed by atoms with Crippen LogP contribution >= 0.6 is 18.5 Å². The number of aromatic nitrogens is 3. The molecule has 4 nitrogen and oxygen atoms in total. The number of allylic oxidation sites excluding steroid dienone is 6. The highest BCUT2D eigenvalue weighted by Crippen LogP contribution is 2.41. The highest BCUT2D eigenvalue weighted by atomic mass is 31.0. The van der Waals surface area contributed by atoms with Crippen LogP contribution in [0, 0.1) is 5.92 Å². The lowest BCUT2D eigenvalue weighted by atomic mass is 10.0. The van der Waals surface area contributed by atoms with E-state index >= 15 is 0 Å². The molecule has 0 spiro atoms. The molecule has 1 fully saturated rings. The van der Waals surface area contributed by atoms with Gasteiger partial charge in [0.25, 0.3) is 0 Å². The van der Waals surface area contributed by atoms with Crippen LogP contribution in [0.3, 0.4) is 0 Å². The molecule has 1 aliphatic carbocycles. The zero-order valence-electron chi connectivity index (χ0n) is 20.1. The number of pyridine rings is 1. The number of fused-ring (bicyclic) bond motifs is 2. The second kappa shape index (κ2) is 10.1. The first kappa shape index (κ1) is 23.5. The zero-order valence-corrected chi connectivity index (χ0v) is 22.4. The van der Waals surface area contributed by atoms with Crippen LogP contribution in [0.2, 0.25) is 0 Å². The Hall–Kier alpha value is -2.28. The third kappa shape index (κ3) is 4.90. The molecule has 0 amide bonds. The first-order valence-corrected chi connectivity index (χ1v) is 13.6. The fourth-order valence-corrected chi connectivity index (χ4v) is 5.34. The van der Waals surface area contributed by atoms with Gasteiger partial charge in [-0.2, -0.15) is 5.10 Å². The van der Waals surface area contributed by atoms with Crippen LogP contribution in [0.15, 0.2) is 65.6 Å². The molecule has 176 valence electrons. The van der Waals surface area contributed by atoms with Gasteiger partial charge < -0.3 is 5.32 Å². The molecule has 0 bridgehead atoms. The number of hydrogen-bond donors (Lipinski definition) is 1. The van der Waals surface area contributed by atoms with E-state index < -0.39 is 0 Å². The van der Waals surface area contributed by atoms with Crippen molar-refractivity contribution in [1.29, 1.82) is 0 Å². The minimum atomic E-state index is 0.190. The second-order valence-corrected chi connectivity index (χ2v) is 10.6. The van der Waals surface area contributed by atoms with Crippen molar-refractivity contribution in [2.75, 3.05) is 5.32 Å². The molecule has 3 heterocycles. The number of anilines is 1. The Bertz CT molecular complexity index is 1300. The molecule has 1 saturated carbocycles. The number of nitrogens with zero attached hydrogens (tertiary/aromatic N) is 3. The van der Waals surface area contributed by atoms with E-state index in [1.165, 1.54) is 45.7 Å². The van der Waals surface area contributed by atoms with Crippen LogP contribution in [0.5, 0.6) is 0 Å². The molecular weight excluding hydrogens is 454 g/mol. The lowest BCUT2D eigenvalue weighted by molar-refractivity contribution is 0.445. The van der Waals surface area contributed by atoms with Crippen molar-refractivity contribution >= 4 is 45.9 Å². The average molecular weight is 489 g/mol. The van der Waals surface area contributed by atoms with Gasteiger partial charge in [0.1, 0.15) is 5.82 Å². The summed E-state index contributed by atoms with van der Waals surface area (Å²) in [5, 5.41) is 13.6. The smallest absolute Gasteiger partial charge is 0.134 e. The van der Waals surface area contributed by atoms with Gasteiger partial charge in [-0.25, -0.2) is 4.98 Å². The summed E-state index contributed by atoms with van der Waals surface area (Å²) in [5.41, 5.74) is 4.99. The molecule has 3 aromatic rings. The molecule has 3 atom stereocenters. The molecule has 34 heavy (non-hydrogen) atoms. The molecule has 0 radical (unpaired) electrons. The van der Waals surface area contributed by atoms with Gasteiger partial charge in [-0.1, -0.05) is 31.2 Å². The van der Waals surface area contributed by atoms with E-state index in [4.69, 9.17) is 10.1 Å². The number of benzene rings is 1. The Kier molecular flexibility index (Phi) is 7.00. The van der Waals surface area contributed by atoms with E-state index in [1.807, 2.05) is 6.20 Å². The van der Waals surface area contributed by atoms with E-state index in [0.717, 1.165) is 48.6 Å². The summed E-state index contributed by atoms with van der Waals surface area (Å²) in [6.45, 7) is 5.28. The molecule has 3 unspecified atom stereocenters. The topological polar surface area (TPSA) is 42.7 Å². The predicted molar refractivity (Wildman–Crippen MR) is 151 cm³/mol. The largest absolute Gasteiger partial charge is 0.361 e. The fraction of sp³-hybridized carbons (Fsp3) is 0.357. The third-order valence-corrected chi connectivity index (χ3v) is 7.83. The summed E-state index contributed by atoms with van der Waals surface area (Å²) >= 11 is 0. The van der Waals surface area contributed by atoms with Gasteiger partial charge in [0.15, 0.2) is 0 Å². The minimum absolute atomic E-state index is 0.190. The molecular formula is C28H34N4P2. The lowest BCUT2D eigenvalue weighted by Gasteiger charge is -2.25. The molecule has 1 N–H and O–H groups in total. The Morgan fingerprint density at radius 2 is 2.06 bits per heavy atom. The van der Waals surface area contributed by atoms with E-state index in [2.05, 4.69) is 90.9 Å². The summed E-state index contributed by atoms with van der Waals surface area (Å²) in [5.74, 6) is 1.66. The summed E-state index contributed by atoms with van der Waals surface area (Å²) in [6, 6.07) is 11.0. The van der Waals surface area contributed by atoms with Crippen LogP contribution in [0.25, 0.3) is 16.3 Å². The second-order valence-electron chi connectivity index (χ2n) is 9.35. The van der Waals surface area contributed by atoms with Crippen molar-refractivity contribution in [3.63, 3.8) is 0 Å². The Balaban J connectivity index is 1.51. The Morgan fingerprint density at radius 1 is 1.21 bits per heavy atom. The van der Waals surface area contributed by atoms with E-state index in [-0.39, 0.29) is 6.04 Å². The quantitative estimate of drug-likeness (QED) is 0.294. The molecule has 1 aliphatic heterocycles. The summed E-state index contributed by atoms with van der Waals surface area (Å²) in [7, 11) is 5.71. The van der Waals surface area contributed by atoms with Crippen molar-refractivity contribution in [2.24, 2.45) is 5.92 Å². The van der Waals surface area contributed by atoms with Crippen molar-refractivity contribution < 1.29 is 0 Å². The fourth-order valence-electron chi connectivity index (χ4n) is 4.85. The SMILES string of the molecule is C\C=C(P)/C(=C\C(=C\CC)C1CC1)c1cc2n(n1)CCCC2Nc1nccc2ccc(P)cc12. The molecule has 2 aromatic heterocycles. The van der Waals surface area contributed by atoms with Crippen molar-refractivity contribution in [2.45, 2.75) is 58.5 Å². The normalized spacial score (nSPS) is 19.4. The molecule has 0 saturated heterocycles. The summed E-state index contributed by atoms with van der Waals surface area (Å²) in [6.07, 6.45) is 14.7. The molecule has 1 aromatic carbocycles. The van der Waals surface area contributed by atoms with Crippen molar-refractivity contribution in [3.05, 3.63) is 77.0 Å². The molecule has 2 aliphatic rings. The van der Waals surface area contributed by atoms with Gasteiger partial charge in [-0.15, -0.1) is 18.5 Å². The maximum absolute atomic E-state index is 5.08. The van der Waals surface area contributed by atoms with Gasteiger partial charge in [0.05, 0.1) is 17.4 Å². The standard InChI is InChI=1S/C28H34N4P2/c1-3-6-20(18-8-9-18)15-23(27(34)4-2)25-17-26-24(7-5-14-32(26)31-25)30-28-22-16-21(33)11-10-19(22)12-13-29-28/h4,6,10-13,15-18,24H,3,5,7-9,14,33-34H2,1-2H3,(H,29,30)/b20-6-,23-15-,27-4+. The van der Waals surface area contributed by atoms with Crippen LogP contribution in [0.4, 0.5) is 5.82 Å². The highest BCUT2D eigenvalue weighted by Gasteiger charge is 2.27. The first-order valence-electron chi connectivity index (χ1n) is 12.4. The monoisotopic (exact) mass is 488 g/mol. The van der Waals surface area contributed by atoms with Crippen LogP contribution < -0.4 is 10.6 Å². The number of aryl methyl sites for hydroxylation is 1. The van der Waals surface area contributed by atoms with Gasteiger partial charge in [-0.3, -0.25) is 4.68 Å². The highest BCUT2D eigenvalue weighted by molar-refractivity contribution is 7.27. The average Bonchev–Trinajstić information content (AvgIpc) is 3.60. The first-order chi connectivity index (χ1) is 16.6. The van der Waals surface area contributed by atoms with Gasteiger partial charge >= 0.3 is 0 Å². The molecule has 5 rings (SSSR count). The Labute approximate surface area is 207 Å². The van der Waals surface area contributed by atoms with E-state index in [0.29, 0.717) is 0 Å². The van der Waals surface area contributed by atoms with Crippen LogP contribution in [-0.4, -0.2) is 14.8 Å².